The highest BCUT2D eigenvalue weighted by Crippen LogP contribution is 2.31. The SMILES string of the molecule is CC[C@H](C)[C@H](NC(=O)C1CC(=O)N(c2ccccc2Br)C1)C(=O)O. The molecule has 0 radical (unpaired) electrons. The van der Waals surface area contributed by atoms with E-state index in [4.69, 9.17) is 0 Å². The van der Waals surface area contributed by atoms with Gasteiger partial charge < -0.3 is 15.3 Å². The van der Waals surface area contributed by atoms with Crippen molar-refractivity contribution < 1.29 is 19.5 Å². The summed E-state index contributed by atoms with van der Waals surface area (Å²) in [5, 5.41) is 11.9. The molecule has 0 saturated carbocycles. The van der Waals surface area contributed by atoms with Gasteiger partial charge in [-0.1, -0.05) is 32.4 Å². The number of hydrogen-bond acceptors (Lipinski definition) is 3. The number of nitrogens with zero attached hydrogens (tertiary/aromatic N) is 1. The van der Waals surface area contributed by atoms with Crippen LogP contribution in [-0.4, -0.2) is 35.5 Å². The van der Waals surface area contributed by atoms with E-state index in [1.54, 1.807) is 11.8 Å². The quantitative estimate of drug-likeness (QED) is 0.772. The highest BCUT2D eigenvalue weighted by atomic mass is 79.9. The van der Waals surface area contributed by atoms with Gasteiger partial charge in [-0.05, 0) is 34.0 Å². The summed E-state index contributed by atoms with van der Waals surface area (Å²) in [7, 11) is 0. The van der Waals surface area contributed by atoms with Crippen LogP contribution in [0.5, 0.6) is 0 Å². The monoisotopic (exact) mass is 396 g/mol. The van der Waals surface area contributed by atoms with Crippen LogP contribution in [-0.2, 0) is 14.4 Å². The minimum Gasteiger partial charge on any atom is -0.480 e. The number of halogens is 1. The van der Waals surface area contributed by atoms with Crippen molar-refractivity contribution in [2.75, 3.05) is 11.4 Å². The minimum atomic E-state index is -1.05. The van der Waals surface area contributed by atoms with Gasteiger partial charge in [-0.15, -0.1) is 0 Å². The Balaban J connectivity index is 2.09. The van der Waals surface area contributed by atoms with Crippen LogP contribution < -0.4 is 10.2 Å². The number of hydrogen-bond donors (Lipinski definition) is 2. The van der Waals surface area contributed by atoms with E-state index in [-0.39, 0.29) is 30.7 Å². The lowest BCUT2D eigenvalue weighted by Gasteiger charge is -2.22. The number of carbonyl (C=O) groups excluding carboxylic acids is 2. The number of anilines is 1. The number of amides is 2. The van der Waals surface area contributed by atoms with Gasteiger partial charge >= 0.3 is 5.97 Å². The normalized spacial score (nSPS) is 19.9. The highest BCUT2D eigenvalue weighted by molar-refractivity contribution is 9.10. The molecule has 1 unspecified atom stereocenters. The van der Waals surface area contributed by atoms with Crippen molar-refractivity contribution in [1.29, 1.82) is 0 Å². The molecule has 6 nitrogen and oxygen atoms in total. The molecule has 0 aromatic heterocycles. The number of rotatable bonds is 6. The van der Waals surface area contributed by atoms with Gasteiger partial charge in [-0.3, -0.25) is 9.59 Å². The first-order chi connectivity index (χ1) is 11.3. The molecule has 3 atom stereocenters. The highest BCUT2D eigenvalue weighted by Gasteiger charge is 2.37. The predicted molar refractivity (Wildman–Crippen MR) is 93.6 cm³/mol. The first-order valence-corrected chi connectivity index (χ1v) is 8.72. The van der Waals surface area contributed by atoms with Crippen LogP contribution >= 0.6 is 15.9 Å². The summed E-state index contributed by atoms with van der Waals surface area (Å²) in [6.07, 6.45) is 0.726. The van der Waals surface area contributed by atoms with Crippen molar-refractivity contribution in [3.8, 4) is 0 Å². The van der Waals surface area contributed by atoms with Gasteiger partial charge in [0.15, 0.2) is 0 Å². The van der Waals surface area contributed by atoms with E-state index in [1.165, 1.54) is 0 Å². The Morgan fingerprint density at radius 3 is 2.67 bits per heavy atom. The Kier molecular flexibility index (Phi) is 5.99. The molecule has 0 bridgehead atoms. The molecule has 1 aliphatic heterocycles. The Morgan fingerprint density at radius 2 is 2.08 bits per heavy atom. The van der Waals surface area contributed by atoms with Crippen molar-refractivity contribution in [2.45, 2.75) is 32.7 Å². The Labute approximate surface area is 149 Å². The van der Waals surface area contributed by atoms with E-state index in [2.05, 4.69) is 21.2 Å². The molecule has 24 heavy (non-hydrogen) atoms. The molecule has 1 aliphatic rings. The number of carboxylic acids is 1. The number of aliphatic carboxylic acids is 1. The summed E-state index contributed by atoms with van der Waals surface area (Å²) in [6.45, 7) is 3.91. The summed E-state index contributed by atoms with van der Waals surface area (Å²) < 4.78 is 0.780. The second-order valence-corrected chi connectivity index (χ2v) is 6.92. The zero-order valence-corrected chi connectivity index (χ0v) is 15.2. The maximum atomic E-state index is 12.4. The first-order valence-electron chi connectivity index (χ1n) is 7.93. The molecule has 2 N–H and O–H groups in total. The maximum Gasteiger partial charge on any atom is 0.326 e. The lowest BCUT2D eigenvalue weighted by Crippen LogP contribution is -2.47. The standard InChI is InChI=1S/C17H21BrN2O4/c1-3-10(2)15(17(23)24)19-16(22)11-8-14(21)20(9-11)13-7-5-4-6-12(13)18/h4-7,10-11,15H,3,8-9H2,1-2H3,(H,19,22)(H,23,24)/t10-,11?,15-/m0/s1. The largest absolute Gasteiger partial charge is 0.480 e. The van der Waals surface area contributed by atoms with E-state index in [0.29, 0.717) is 6.42 Å². The lowest BCUT2D eigenvalue weighted by molar-refractivity contribution is -0.143. The topological polar surface area (TPSA) is 86.7 Å². The smallest absolute Gasteiger partial charge is 0.326 e. The number of benzene rings is 1. The molecule has 130 valence electrons. The number of para-hydroxylation sites is 1. The molecule has 2 rings (SSSR count). The zero-order valence-electron chi connectivity index (χ0n) is 13.7. The summed E-state index contributed by atoms with van der Waals surface area (Å²) >= 11 is 3.41. The maximum absolute atomic E-state index is 12.4. The van der Waals surface area contributed by atoms with Crippen LogP contribution in [0.25, 0.3) is 0 Å². The molecule has 1 saturated heterocycles. The van der Waals surface area contributed by atoms with Crippen LogP contribution in [0.15, 0.2) is 28.7 Å². The molecule has 0 aliphatic carbocycles. The Morgan fingerprint density at radius 1 is 1.42 bits per heavy atom. The average Bonchev–Trinajstić information content (AvgIpc) is 2.93. The van der Waals surface area contributed by atoms with Gasteiger partial charge in [0, 0.05) is 17.4 Å². The fraction of sp³-hybridized carbons (Fsp3) is 0.471. The van der Waals surface area contributed by atoms with Crippen LogP contribution in [0.1, 0.15) is 26.7 Å². The fourth-order valence-corrected chi connectivity index (χ4v) is 3.24. The molecule has 1 aromatic rings. The van der Waals surface area contributed by atoms with E-state index in [1.807, 2.05) is 31.2 Å². The molecule has 7 heteroatoms. The van der Waals surface area contributed by atoms with Gasteiger partial charge in [-0.25, -0.2) is 4.79 Å². The Bertz CT molecular complexity index is 649. The fourth-order valence-electron chi connectivity index (χ4n) is 2.74. The van der Waals surface area contributed by atoms with E-state index in [9.17, 15) is 19.5 Å². The van der Waals surface area contributed by atoms with Crippen molar-refractivity contribution in [3.63, 3.8) is 0 Å². The average molecular weight is 397 g/mol. The molecular formula is C17H21BrN2O4. The van der Waals surface area contributed by atoms with E-state index in [0.717, 1.165) is 10.2 Å². The zero-order chi connectivity index (χ0) is 17.9. The second-order valence-electron chi connectivity index (χ2n) is 6.07. The summed E-state index contributed by atoms with van der Waals surface area (Å²) in [5.74, 6) is -2.30. The second kappa shape index (κ2) is 7.79. The molecule has 1 aromatic carbocycles. The minimum absolute atomic E-state index is 0.0833. The molecule has 1 heterocycles. The Hall–Kier alpha value is -1.89. The molecule has 1 fully saturated rings. The number of carbonyl (C=O) groups is 3. The third-order valence-corrected chi connectivity index (χ3v) is 5.09. The summed E-state index contributed by atoms with van der Waals surface area (Å²) in [5.41, 5.74) is 0.717. The van der Waals surface area contributed by atoms with Gasteiger partial charge in [0.05, 0.1) is 11.6 Å². The van der Waals surface area contributed by atoms with Crippen molar-refractivity contribution in [1.82, 2.24) is 5.32 Å². The number of nitrogens with one attached hydrogen (secondary N) is 1. The number of carboxylic acid groups (broad SMARTS) is 1. The van der Waals surface area contributed by atoms with Crippen LogP contribution in [0.2, 0.25) is 0 Å². The van der Waals surface area contributed by atoms with Crippen LogP contribution in [0.4, 0.5) is 5.69 Å². The lowest BCUT2D eigenvalue weighted by atomic mass is 9.98. The van der Waals surface area contributed by atoms with Crippen molar-refractivity contribution in [3.05, 3.63) is 28.7 Å². The van der Waals surface area contributed by atoms with Gasteiger partial charge in [0.1, 0.15) is 6.04 Å². The van der Waals surface area contributed by atoms with Gasteiger partial charge in [-0.2, -0.15) is 0 Å². The van der Waals surface area contributed by atoms with Crippen LogP contribution in [0, 0.1) is 11.8 Å². The van der Waals surface area contributed by atoms with E-state index >= 15 is 0 Å². The van der Waals surface area contributed by atoms with Crippen molar-refractivity contribution in [2.24, 2.45) is 11.8 Å². The van der Waals surface area contributed by atoms with E-state index < -0.39 is 17.9 Å². The molecule has 2 amide bonds. The van der Waals surface area contributed by atoms with Gasteiger partial charge in [0.2, 0.25) is 11.8 Å². The summed E-state index contributed by atoms with van der Waals surface area (Å²) in [6, 6.07) is 6.38. The van der Waals surface area contributed by atoms with Crippen LogP contribution in [0.3, 0.4) is 0 Å². The predicted octanol–water partition coefficient (Wildman–Crippen LogP) is 2.42. The molecule has 0 spiro atoms. The third-order valence-electron chi connectivity index (χ3n) is 4.42. The summed E-state index contributed by atoms with van der Waals surface area (Å²) in [4.78, 5) is 37.6. The van der Waals surface area contributed by atoms with Crippen molar-refractivity contribution >= 4 is 39.4 Å². The molecular weight excluding hydrogens is 376 g/mol. The van der Waals surface area contributed by atoms with Gasteiger partial charge in [0.25, 0.3) is 0 Å². The first kappa shape index (κ1) is 18.4. The third kappa shape index (κ3) is 3.95.